The molecular formula is C36H38O18. The van der Waals surface area contributed by atoms with E-state index in [1.54, 1.807) is 0 Å². The number of carbonyl (C=O) groups is 1. The Morgan fingerprint density at radius 2 is 1.56 bits per heavy atom. The highest BCUT2D eigenvalue weighted by atomic mass is 16.7. The maximum Gasteiger partial charge on any atom is 0.331 e. The van der Waals surface area contributed by atoms with Crippen molar-refractivity contribution in [2.45, 2.75) is 55.3 Å². The molecule has 0 spiro atoms. The Balaban J connectivity index is 1.21. The molecule has 0 unspecified atom stereocenters. The lowest BCUT2D eigenvalue weighted by Crippen LogP contribution is -2.61. The maximum absolute atomic E-state index is 13.8. The number of methoxy groups -OCH3 is 3. The van der Waals surface area contributed by atoms with Crippen LogP contribution in [-0.4, -0.2) is 132 Å². The van der Waals surface area contributed by atoms with Crippen LogP contribution in [0.25, 0.3) is 28.0 Å². The molecule has 0 aliphatic carbocycles. The first-order chi connectivity index (χ1) is 25.8. The highest BCUT2D eigenvalue weighted by molar-refractivity contribution is 5.98. The van der Waals surface area contributed by atoms with Crippen molar-refractivity contribution in [1.82, 2.24) is 0 Å². The molecule has 2 aliphatic heterocycles. The zero-order chi connectivity index (χ0) is 38.8. The van der Waals surface area contributed by atoms with Crippen molar-refractivity contribution in [2.24, 2.45) is 0 Å². The molecule has 2 fully saturated rings. The molecule has 2 aliphatic rings. The van der Waals surface area contributed by atoms with Crippen LogP contribution in [0, 0.1) is 0 Å². The van der Waals surface area contributed by atoms with Gasteiger partial charge in [-0.05, 0) is 35.9 Å². The molecule has 3 aromatic carbocycles. The van der Waals surface area contributed by atoms with E-state index in [0.29, 0.717) is 5.56 Å². The standard InChI is InChI=1S/C36H38O18/c1-46-16-11-22-27(30(43)26-18(38)7-8-20(47-2)33(26)51-22)23(12-16)52-35-32(45)31(44)29(42)24(53-35)14-50-36-34(28(41)19(39)13-49-36)54-25(40)9-5-15-4-6-17(37)21(10-15)48-3/h4-12,19,24,28-29,31-32,34-39,41-42,44-45H,13-14H2,1-3H3/t19-,24-,28+,29-,31+,32-,34-,35-,36+/m0/s1. The molecule has 0 amide bonds. The Hall–Kier alpha value is -5.18. The minimum absolute atomic E-state index is 0.0510. The van der Waals surface area contributed by atoms with Gasteiger partial charge in [0.15, 0.2) is 35.2 Å². The number of ether oxygens (including phenoxy) is 8. The van der Waals surface area contributed by atoms with Gasteiger partial charge in [0.2, 0.25) is 11.7 Å². The van der Waals surface area contributed by atoms with Crippen LogP contribution in [0.3, 0.4) is 0 Å². The Bertz CT molecular complexity index is 2080. The van der Waals surface area contributed by atoms with Crippen LogP contribution in [0.2, 0.25) is 0 Å². The fourth-order valence-electron chi connectivity index (χ4n) is 5.99. The number of aromatic hydroxyl groups is 2. The molecule has 54 heavy (non-hydrogen) atoms. The van der Waals surface area contributed by atoms with E-state index >= 15 is 0 Å². The number of carbonyl (C=O) groups excluding carboxylic acids is 1. The number of rotatable bonds is 11. The van der Waals surface area contributed by atoms with Gasteiger partial charge in [0.05, 0.1) is 34.5 Å². The van der Waals surface area contributed by atoms with E-state index in [0.717, 1.165) is 6.08 Å². The molecule has 18 heteroatoms. The van der Waals surface area contributed by atoms with Gasteiger partial charge in [-0.3, -0.25) is 4.79 Å². The minimum Gasteiger partial charge on any atom is -0.507 e. The van der Waals surface area contributed by atoms with Crippen molar-refractivity contribution < 1.29 is 82.9 Å². The fraction of sp³-hybridized carbons (Fsp3) is 0.389. The summed E-state index contributed by atoms with van der Waals surface area (Å²) in [5.41, 5.74) is -0.380. The van der Waals surface area contributed by atoms with Gasteiger partial charge in [0, 0.05) is 18.2 Å². The van der Waals surface area contributed by atoms with Crippen molar-refractivity contribution >= 4 is 34.0 Å². The second-order valence-electron chi connectivity index (χ2n) is 12.3. The van der Waals surface area contributed by atoms with E-state index in [-0.39, 0.29) is 50.7 Å². The molecule has 0 radical (unpaired) electrons. The summed E-state index contributed by atoms with van der Waals surface area (Å²) in [4.78, 5) is 26.5. The number of phenolic OH excluding ortho intramolecular Hbond substituents is 2. The van der Waals surface area contributed by atoms with Crippen molar-refractivity contribution in [1.29, 1.82) is 0 Å². The van der Waals surface area contributed by atoms with Gasteiger partial charge in [-0.2, -0.15) is 0 Å². The van der Waals surface area contributed by atoms with Crippen LogP contribution in [0.1, 0.15) is 5.56 Å². The molecule has 18 nitrogen and oxygen atoms in total. The number of aliphatic hydroxyl groups excluding tert-OH is 5. The van der Waals surface area contributed by atoms with Gasteiger partial charge >= 0.3 is 5.97 Å². The molecule has 7 N–H and O–H groups in total. The van der Waals surface area contributed by atoms with Crippen LogP contribution >= 0.6 is 0 Å². The molecular weight excluding hydrogens is 720 g/mol. The molecule has 9 atom stereocenters. The Kier molecular flexibility index (Phi) is 11.5. The summed E-state index contributed by atoms with van der Waals surface area (Å²) >= 11 is 0. The second-order valence-corrected chi connectivity index (χ2v) is 12.3. The summed E-state index contributed by atoms with van der Waals surface area (Å²) in [6.07, 6.45) is -12.6. The molecule has 3 heterocycles. The SMILES string of the molecule is COc1cc(O[C@H]2O[C@@H](CO[C@H]3OC[C@H](O)[C@@H](O)[C@@H]3OC(=O)C=Cc3ccc(O)c(OC)c3)[C@H](O)[C@@H](O)[C@@H]2O)c2c(=O)c3c(O)ccc(OC)c3oc2c1. The maximum atomic E-state index is 13.8. The van der Waals surface area contributed by atoms with Crippen molar-refractivity contribution in [3.05, 3.63) is 64.3 Å². The predicted octanol–water partition coefficient (Wildman–Crippen LogP) is 0.290. The van der Waals surface area contributed by atoms with E-state index in [1.165, 1.54) is 69.9 Å². The van der Waals surface area contributed by atoms with E-state index in [4.69, 9.17) is 42.3 Å². The molecule has 2 saturated heterocycles. The van der Waals surface area contributed by atoms with Crippen LogP contribution in [0.15, 0.2) is 57.8 Å². The third-order valence-corrected chi connectivity index (χ3v) is 8.90. The van der Waals surface area contributed by atoms with Gasteiger partial charge < -0.3 is 78.1 Å². The van der Waals surface area contributed by atoms with Crippen molar-refractivity contribution in [2.75, 3.05) is 34.5 Å². The fourth-order valence-corrected chi connectivity index (χ4v) is 5.99. The third-order valence-electron chi connectivity index (χ3n) is 8.90. The minimum atomic E-state index is -1.88. The first-order valence-corrected chi connectivity index (χ1v) is 16.4. The number of hydrogen-bond donors (Lipinski definition) is 7. The predicted molar refractivity (Wildman–Crippen MR) is 183 cm³/mol. The van der Waals surface area contributed by atoms with Gasteiger partial charge in [-0.1, -0.05) is 6.07 Å². The number of fused-ring (bicyclic) bond motifs is 2. The average Bonchev–Trinajstić information content (AvgIpc) is 3.16. The molecule has 1 aromatic heterocycles. The zero-order valence-corrected chi connectivity index (χ0v) is 28.9. The summed E-state index contributed by atoms with van der Waals surface area (Å²) in [6, 6.07) is 9.65. The lowest BCUT2D eigenvalue weighted by molar-refractivity contribution is -0.308. The van der Waals surface area contributed by atoms with Crippen molar-refractivity contribution in [3.63, 3.8) is 0 Å². The van der Waals surface area contributed by atoms with E-state index in [9.17, 15) is 45.3 Å². The van der Waals surface area contributed by atoms with Gasteiger partial charge in [-0.15, -0.1) is 0 Å². The summed E-state index contributed by atoms with van der Waals surface area (Å²) in [6.45, 7) is -1.03. The molecule has 4 aromatic rings. The van der Waals surface area contributed by atoms with Gasteiger partial charge in [0.25, 0.3) is 0 Å². The lowest BCUT2D eigenvalue weighted by Gasteiger charge is -2.41. The average molecular weight is 759 g/mol. The number of benzene rings is 3. The summed E-state index contributed by atoms with van der Waals surface area (Å²) in [5, 5.41) is 73.3. The Labute approximate surface area is 305 Å². The number of aliphatic hydroxyl groups is 5. The van der Waals surface area contributed by atoms with Crippen LogP contribution in [0.4, 0.5) is 0 Å². The van der Waals surface area contributed by atoms with Gasteiger partial charge in [0.1, 0.15) is 70.2 Å². The summed E-state index contributed by atoms with van der Waals surface area (Å²) in [7, 11) is 4.05. The molecule has 6 rings (SSSR count). The van der Waals surface area contributed by atoms with E-state index in [1.807, 2.05) is 0 Å². The van der Waals surface area contributed by atoms with Crippen LogP contribution < -0.4 is 24.4 Å². The zero-order valence-electron chi connectivity index (χ0n) is 28.9. The first kappa shape index (κ1) is 38.5. The number of hydrogen-bond acceptors (Lipinski definition) is 18. The highest BCUT2D eigenvalue weighted by Crippen LogP contribution is 2.38. The third kappa shape index (κ3) is 7.59. The van der Waals surface area contributed by atoms with E-state index < -0.39 is 85.7 Å². The quantitative estimate of drug-likeness (QED) is 0.0616. The molecule has 0 bridgehead atoms. The number of phenols is 2. The van der Waals surface area contributed by atoms with Crippen molar-refractivity contribution in [3.8, 4) is 34.5 Å². The van der Waals surface area contributed by atoms with Crippen LogP contribution in [-0.2, 0) is 23.7 Å². The lowest BCUT2D eigenvalue weighted by atomic mass is 9.99. The van der Waals surface area contributed by atoms with Crippen LogP contribution in [0.5, 0.6) is 34.5 Å². The summed E-state index contributed by atoms with van der Waals surface area (Å²) in [5.74, 6) is -1.26. The first-order valence-electron chi connectivity index (χ1n) is 16.4. The normalized spacial score (nSPS) is 27.2. The highest BCUT2D eigenvalue weighted by Gasteiger charge is 2.47. The Morgan fingerprint density at radius 1 is 0.815 bits per heavy atom. The molecule has 290 valence electrons. The second kappa shape index (κ2) is 16.0. The summed E-state index contributed by atoms with van der Waals surface area (Å²) < 4.78 is 49.9. The van der Waals surface area contributed by atoms with Gasteiger partial charge in [-0.25, -0.2) is 4.79 Å². The number of esters is 1. The molecule has 0 saturated carbocycles. The monoisotopic (exact) mass is 758 g/mol. The topological polar surface area (TPSA) is 263 Å². The Morgan fingerprint density at radius 3 is 2.28 bits per heavy atom. The smallest absolute Gasteiger partial charge is 0.331 e. The largest absolute Gasteiger partial charge is 0.507 e. The van der Waals surface area contributed by atoms with E-state index in [2.05, 4.69) is 0 Å².